The second-order valence-corrected chi connectivity index (χ2v) is 8.80. The molecule has 2 saturated carbocycles. The van der Waals surface area contributed by atoms with Crippen LogP contribution in [-0.2, 0) is 4.74 Å². The number of nitrogens with zero attached hydrogens (tertiary/aromatic N) is 1. The van der Waals surface area contributed by atoms with Crippen molar-refractivity contribution in [1.82, 2.24) is 4.90 Å². The van der Waals surface area contributed by atoms with Crippen LogP contribution in [0.5, 0.6) is 0 Å². The van der Waals surface area contributed by atoms with Crippen molar-refractivity contribution in [2.45, 2.75) is 84.3 Å². The minimum atomic E-state index is 0.411. The monoisotopic (exact) mass is 307 g/mol. The Labute approximate surface area is 138 Å². The first-order valence-corrected chi connectivity index (χ1v) is 9.98. The fourth-order valence-electron chi connectivity index (χ4n) is 5.70. The van der Waals surface area contributed by atoms with Gasteiger partial charge in [0.25, 0.3) is 0 Å². The maximum absolute atomic E-state index is 5.87. The molecular formula is C20H37NO. The van der Waals surface area contributed by atoms with Gasteiger partial charge >= 0.3 is 0 Å². The lowest BCUT2D eigenvalue weighted by Crippen LogP contribution is -2.47. The summed E-state index contributed by atoms with van der Waals surface area (Å²) in [5.74, 6) is 4.05. The highest BCUT2D eigenvalue weighted by Crippen LogP contribution is 2.44. The van der Waals surface area contributed by atoms with Crippen LogP contribution in [0.15, 0.2) is 0 Å². The predicted molar refractivity (Wildman–Crippen MR) is 93.0 cm³/mol. The molecule has 1 saturated heterocycles. The zero-order valence-corrected chi connectivity index (χ0v) is 15.1. The highest BCUT2D eigenvalue weighted by atomic mass is 16.5. The summed E-state index contributed by atoms with van der Waals surface area (Å²) in [4.78, 5) is 2.65. The van der Waals surface area contributed by atoms with Crippen LogP contribution < -0.4 is 0 Å². The standard InChI is InChI=1S/C20H37NO/c1-15(12-21-13-16(2)22-17(3)14-21)10-18-8-9-19-6-4-5-7-20(19)11-18/h15-20H,4-14H2,1-3H3. The van der Waals surface area contributed by atoms with Crippen molar-refractivity contribution in [2.24, 2.45) is 23.7 Å². The molecule has 0 N–H and O–H groups in total. The summed E-state index contributed by atoms with van der Waals surface area (Å²) in [5, 5.41) is 0. The molecule has 0 bridgehead atoms. The Hall–Kier alpha value is -0.0800. The van der Waals surface area contributed by atoms with Crippen LogP contribution in [0.2, 0.25) is 0 Å². The van der Waals surface area contributed by atoms with Crippen molar-refractivity contribution >= 4 is 0 Å². The fraction of sp³-hybridized carbons (Fsp3) is 1.00. The molecule has 6 unspecified atom stereocenters. The van der Waals surface area contributed by atoms with Crippen molar-refractivity contribution in [3.05, 3.63) is 0 Å². The molecule has 0 radical (unpaired) electrons. The van der Waals surface area contributed by atoms with Gasteiger partial charge in [0.15, 0.2) is 0 Å². The Morgan fingerprint density at radius 3 is 2.36 bits per heavy atom. The van der Waals surface area contributed by atoms with Crippen LogP contribution in [-0.4, -0.2) is 36.7 Å². The van der Waals surface area contributed by atoms with Gasteiger partial charge in [-0.2, -0.15) is 0 Å². The maximum atomic E-state index is 5.87. The lowest BCUT2D eigenvalue weighted by molar-refractivity contribution is -0.0717. The molecule has 22 heavy (non-hydrogen) atoms. The number of rotatable bonds is 4. The Morgan fingerprint density at radius 2 is 1.64 bits per heavy atom. The van der Waals surface area contributed by atoms with Gasteiger partial charge in [0.1, 0.15) is 0 Å². The lowest BCUT2D eigenvalue weighted by atomic mass is 9.66. The smallest absolute Gasteiger partial charge is 0.0678 e. The Kier molecular flexibility index (Phi) is 5.84. The molecule has 1 heterocycles. The van der Waals surface area contributed by atoms with Crippen LogP contribution in [0, 0.1) is 23.7 Å². The second kappa shape index (κ2) is 7.66. The SMILES string of the molecule is CC(CC1CCC2CCCCC2C1)CN1CC(C)OC(C)C1. The highest BCUT2D eigenvalue weighted by molar-refractivity contribution is 4.84. The number of morpholine rings is 1. The number of hydrogen-bond acceptors (Lipinski definition) is 2. The predicted octanol–water partition coefficient (Wildman–Crippen LogP) is 4.73. The Morgan fingerprint density at radius 1 is 0.955 bits per heavy atom. The fourth-order valence-corrected chi connectivity index (χ4v) is 5.70. The molecule has 0 aromatic rings. The zero-order chi connectivity index (χ0) is 15.5. The van der Waals surface area contributed by atoms with E-state index >= 15 is 0 Å². The summed E-state index contributed by atoms with van der Waals surface area (Å²) in [5.41, 5.74) is 0. The van der Waals surface area contributed by atoms with Crippen LogP contribution in [0.1, 0.15) is 72.1 Å². The molecule has 0 aromatic carbocycles. The zero-order valence-electron chi connectivity index (χ0n) is 15.1. The molecule has 2 nitrogen and oxygen atoms in total. The molecular weight excluding hydrogens is 270 g/mol. The molecule has 0 spiro atoms. The van der Waals surface area contributed by atoms with E-state index in [1.165, 1.54) is 51.5 Å². The summed E-state index contributed by atoms with van der Waals surface area (Å²) in [7, 11) is 0. The first-order valence-electron chi connectivity index (χ1n) is 9.98. The molecule has 2 heteroatoms. The summed E-state index contributed by atoms with van der Waals surface area (Å²) < 4.78 is 5.87. The number of fused-ring (bicyclic) bond motifs is 1. The Bertz CT molecular complexity index is 335. The van der Waals surface area contributed by atoms with E-state index in [1.54, 1.807) is 6.42 Å². The minimum Gasteiger partial charge on any atom is -0.373 e. The van der Waals surface area contributed by atoms with E-state index in [4.69, 9.17) is 4.74 Å². The van der Waals surface area contributed by atoms with Crippen LogP contribution >= 0.6 is 0 Å². The van der Waals surface area contributed by atoms with E-state index < -0.39 is 0 Å². The lowest BCUT2D eigenvalue weighted by Gasteiger charge is -2.41. The third-order valence-electron chi connectivity index (χ3n) is 6.45. The Balaban J connectivity index is 1.42. The molecule has 6 atom stereocenters. The van der Waals surface area contributed by atoms with Gasteiger partial charge in [0, 0.05) is 19.6 Å². The third kappa shape index (κ3) is 4.47. The maximum Gasteiger partial charge on any atom is 0.0678 e. The largest absolute Gasteiger partial charge is 0.373 e. The summed E-state index contributed by atoms with van der Waals surface area (Å²) >= 11 is 0. The summed E-state index contributed by atoms with van der Waals surface area (Å²) in [6.07, 6.45) is 13.0. The van der Waals surface area contributed by atoms with Crippen LogP contribution in [0.25, 0.3) is 0 Å². The highest BCUT2D eigenvalue weighted by Gasteiger charge is 2.33. The van der Waals surface area contributed by atoms with E-state index in [2.05, 4.69) is 25.7 Å². The normalized spacial score (nSPS) is 41.9. The van der Waals surface area contributed by atoms with Crippen molar-refractivity contribution in [3.8, 4) is 0 Å². The number of hydrogen-bond donors (Lipinski definition) is 0. The topological polar surface area (TPSA) is 12.5 Å². The van der Waals surface area contributed by atoms with E-state index in [-0.39, 0.29) is 0 Å². The first kappa shape index (κ1) is 16.8. The van der Waals surface area contributed by atoms with Crippen molar-refractivity contribution < 1.29 is 4.74 Å². The van der Waals surface area contributed by atoms with Gasteiger partial charge in [-0.25, -0.2) is 0 Å². The second-order valence-electron chi connectivity index (χ2n) is 8.80. The molecule has 3 aliphatic rings. The summed E-state index contributed by atoms with van der Waals surface area (Å²) in [6, 6.07) is 0. The molecule has 2 aliphatic carbocycles. The summed E-state index contributed by atoms with van der Waals surface area (Å²) in [6.45, 7) is 10.5. The van der Waals surface area contributed by atoms with E-state index in [0.29, 0.717) is 12.2 Å². The van der Waals surface area contributed by atoms with Gasteiger partial charge in [-0.3, -0.25) is 4.90 Å². The molecule has 3 rings (SSSR count). The average molecular weight is 308 g/mol. The van der Waals surface area contributed by atoms with E-state index in [1.807, 2.05) is 0 Å². The average Bonchev–Trinajstić information content (AvgIpc) is 2.45. The van der Waals surface area contributed by atoms with Crippen molar-refractivity contribution in [2.75, 3.05) is 19.6 Å². The van der Waals surface area contributed by atoms with Crippen LogP contribution in [0.4, 0.5) is 0 Å². The quantitative estimate of drug-likeness (QED) is 0.744. The van der Waals surface area contributed by atoms with Crippen LogP contribution in [0.3, 0.4) is 0 Å². The van der Waals surface area contributed by atoms with Gasteiger partial charge in [-0.05, 0) is 56.8 Å². The van der Waals surface area contributed by atoms with Gasteiger partial charge in [-0.15, -0.1) is 0 Å². The molecule has 0 aromatic heterocycles. The third-order valence-corrected chi connectivity index (χ3v) is 6.45. The minimum absolute atomic E-state index is 0.411. The number of ether oxygens (including phenoxy) is 1. The van der Waals surface area contributed by atoms with Gasteiger partial charge < -0.3 is 4.74 Å². The van der Waals surface area contributed by atoms with Crippen molar-refractivity contribution in [3.63, 3.8) is 0 Å². The molecule has 3 fully saturated rings. The van der Waals surface area contributed by atoms with E-state index in [0.717, 1.165) is 36.8 Å². The molecule has 1 aliphatic heterocycles. The first-order chi connectivity index (χ1) is 10.6. The molecule has 128 valence electrons. The molecule has 0 amide bonds. The van der Waals surface area contributed by atoms with Gasteiger partial charge in [-0.1, -0.05) is 39.0 Å². The van der Waals surface area contributed by atoms with Gasteiger partial charge in [0.05, 0.1) is 12.2 Å². The van der Waals surface area contributed by atoms with E-state index in [9.17, 15) is 0 Å². The van der Waals surface area contributed by atoms with Crippen molar-refractivity contribution in [1.29, 1.82) is 0 Å². The van der Waals surface area contributed by atoms with Gasteiger partial charge in [0.2, 0.25) is 0 Å².